The predicted molar refractivity (Wildman–Crippen MR) is 117 cm³/mol. The molecule has 3 aromatic rings. The fourth-order valence-electron chi connectivity index (χ4n) is 3.23. The van der Waals surface area contributed by atoms with Gasteiger partial charge in [0.05, 0.1) is 42.3 Å². The zero-order valence-corrected chi connectivity index (χ0v) is 18.5. The van der Waals surface area contributed by atoms with Crippen LogP contribution in [0.3, 0.4) is 0 Å². The van der Waals surface area contributed by atoms with Gasteiger partial charge in [-0.15, -0.1) is 0 Å². The SMILES string of the molecule is Cn1c2ccc(OCC[N+](C)(C)C)cc2c2cc(OCC[N+](C)(C)C)ccc21. The van der Waals surface area contributed by atoms with Crippen LogP contribution in [0, 0.1) is 0 Å². The van der Waals surface area contributed by atoms with Crippen LogP contribution in [0.4, 0.5) is 0 Å². The fourth-order valence-corrected chi connectivity index (χ4v) is 3.23. The second-order valence-corrected chi connectivity index (χ2v) is 9.64. The predicted octanol–water partition coefficient (Wildman–Crippen LogP) is 3.50. The summed E-state index contributed by atoms with van der Waals surface area (Å²) >= 11 is 0. The van der Waals surface area contributed by atoms with Gasteiger partial charge in [-0.3, -0.25) is 0 Å². The second kappa shape index (κ2) is 7.64. The molecule has 0 fully saturated rings. The van der Waals surface area contributed by atoms with E-state index in [1.54, 1.807) is 0 Å². The Morgan fingerprint density at radius 3 is 1.43 bits per heavy atom. The zero-order chi connectivity index (χ0) is 20.5. The van der Waals surface area contributed by atoms with Crippen LogP contribution in [0.25, 0.3) is 21.8 Å². The van der Waals surface area contributed by atoms with Gasteiger partial charge in [0, 0.05) is 28.9 Å². The normalized spacial score (nSPS) is 12.7. The molecule has 0 aliphatic carbocycles. The van der Waals surface area contributed by atoms with E-state index in [-0.39, 0.29) is 0 Å². The van der Waals surface area contributed by atoms with Crippen molar-refractivity contribution in [2.24, 2.45) is 7.05 Å². The van der Waals surface area contributed by atoms with Crippen molar-refractivity contribution in [3.05, 3.63) is 36.4 Å². The van der Waals surface area contributed by atoms with Gasteiger partial charge in [0.15, 0.2) is 0 Å². The molecule has 5 nitrogen and oxygen atoms in total. The summed E-state index contributed by atoms with van der Waals surface area (Å²) in [5.41, 5.74) is 2.41. The molecule has 0 radical (unpaired) electrons. The monoisotopic (exact) mass is 385 g/mol. The lowest BCUT2D eigenvalue weighted by Gasteiger charge is -2.23. The first-order valence-electron chi connectivity index (χ1n) is 9.92. The van der Waals surface area contributed by atoms with Crippen molar-refractivity contribution in [3.8, 4) is 11.5 Å². The number of benzene rings is 2. The summed E-state index contributed by atoms with van der Waals surface area (Å²) in [5, 5.41) is 2.41. The van der Waals surface area contributed by atoms with Crippen molar-refractivity contribution >= 4 is 21.8 Å². The molecule has 0 unspecified atom stereocenters. The molecule has 0 amide bonds. The number of likely N-dealkylation sites (N-methyl/N-ethyl adjacent to an activating group) is 2. The maximum Gasteiger partial charge on any atom is 0.137 e. The number of aryl methyl sites for hydroxylation is 1. The van der Waals surface area contributed by atoms with E-state index in [9.17, 15) is 0 Å². The third kappa shape index (κ3) is 4.97. The second-order valence-electron chi connectivity index (χ2n) is 9.64. The molecule has 1 aromatic heterocycles. The highest BCUT2D eigenvalue weighted by Crippen LogP contribution is 2.33. The van der Waals surface area contributed by atoms with E-state index in [2.05, 4.69) is 90.3 Å². The summed E-state index contributed by atoms with van der Waals surface area (Å²) in [6.07, 6.45) is 0. The van der Waals surface area contributed by atoms with Crippen molar-refractivity contribution in [3.63, 3.8) is 0 Å². The standard InChI is InChI=1S/C23H35N3O2/c1-24-22-10-8-18(27-14-12-25(2,3)4)16-20(22)21-17-19(9-11-23(21)24)28-15-13-26(5,6)7/h8-11,16-17H,12-15H2,1-7H3/q+2. The summed E-state index contributed by atoms with van der Waals surface area (Å²) < 4.78 is 16.1. The van der Waals surface area contributed by atoms with Crippen molar-refractivity contribution in [2.75, 3.05) is 68.6 Å². The van der Waals surface area contributed by atoms with Crippen LogP contribution < -0.4 is 9.47 Å². The van der Waals surface area contributed by atoms with Crippen molar-refractivity contribution in [1.29, 1.82) is 0 Å². The molecule has 28 heavy (non-hydrogen) atoms. The first kappa shape index (κ1) is 20.5. The number of quaternary nitrogens is 2. The van der Waals surface area contributed by atoms with Crippen LogP contribution in [0.15, 0.2) is 36.4 Å². The number of hydrogen-bond acceptors (Lipinski definition) is 2. The molecule has 0 N–H and O–H groups in total. The largest absolute Gasteiger partial charge is 0.488 e. The number of hydrogen-bond donors (Lipinski definition) is 0. The third-order valence-electron chi connectivity index (χ3n) is 5.01. The molecular weight excluding hydrogens is 350 g/mol. The molecular formula is C23H35N3O2+2. The number of aromatic nitrogens is 1. The molecule has 0 bridgehead atoms. The van der Waals surface area contributed by atoms with E-state index in [4.69, 9.17) is 9.47 Å². The summed E-state index contributed by atoms with van der Waals surface area (Å²) in [5.74, 6) is 1.84. The maximum atomic E-state index is 6.02. The summed E-state index contributed by atoms with van der Waals surface area (Å²) in [4.78, 5) is 0. The number of ether oxygens (including phenoxy) is 2. The third-order valence-corrected chi connectivity index (χ3v) is 5.01. The lowest BCUT2D eigenvalue weighted by atomic mass is 10.1. The lowest BCUT2D eigenvalue weighted by Crippen LogP contribution is -2.38. The Kier molecular flexibility index (Phi) is 5.60. The van der Waals surface area contributed by atoms with E-state index in [1.165, 1.54) is 21.8 Å². The smallest absolute Gasteiger partial charge is 0.137 e. The average molecular weight is 386 g/mol. The van der Waals surface area contributed by atoms with Gasteiger partial charge in [-0.1, -0.05) is 0 Å². The van der Waals surface area contributed by atoms with Crippen LogP contribution in [0.2, 0.25) is 0 Å². The molecule has 2 aromatic carbocycles. The molecule has 0 aliphatic rings. The van der Waals surface area contributed by atoms with Gasteiger partial charge < -0.3 is 23.0 Å². The quantitative estimate of drug-likeness (QED) is 0.554. The fraction of sp³-hybridized carbons (Fsp3) is 0.478. The Balaban J connectivity index is 1.86. The minimum atomic E-state index is 0.708. The van der Waals surface area contributed by atoms with E-state index in [1.807, 2.05) is 0 Å². The molecule has 0 saturated heterocycles. The Morgan fingerprint density at radius 2 is 1.07 bits per heavy atom. The Bertz CT molecular complexity index is 885. The van der Waals surface area contributed by atoms with Crippen molar-refractivity contribution < 1.29 is 18.4 Å². The molecule has 3 rings (SSSR count). The highest BCUT2D eigenvalue weighted by atomic mass is 16.5. The van der Waals surface area contributed by atoms with Gasteiger partial charge in [-0.25, -0.2) is 0 Å². The van der Waals surface area contributed by atoms with Crippen LogP contribution >= 0.6 is 0 Å². The van der Waals surface area contributed by atoms with Gasteiger partial charge in [0.25, 0.3) is 0 Å². The molecule has 0 aliphatic heterocycles. The minimum absolute atomic E-state index is 0.708. The van der Waals surface area contributed by atoms with Crippen LogP contribution in [-0.4, -0.2) is 82.1 Å². The van der Waals surface area contributed by atoms with Crippen LogP contribution in [-0.2, 0) is 7.05 Å². The van der Waals surface area contributed by atoms with E-state index < -0.39 is 0 Å². The van der Waals surface area contributed by atoms with E-state index in [0.29, 0.717) is 13.2 Å². The maximum absolute atomic E-state index is 6.02. The lowest BCUT2D eigenvalue weighted by molar-refractivity contribution is -0.870. The average Bonchev–Trinajstić information content (AvgIpc) is 2.85. The minimum Gasteiger partial charge on any atom is -0.488 e. The Morgan fingerprint density at radius 1 is 0.679 bits per heavy atom. The molecule has 1 heterocycles. The first-order valence-corrected chi connectivity index (χ1v) is 9.92. The number of nitrogens with zero attached hydrogens (tertiary/aromatic N) is 3. The molecule has 0 atom stereocenters. The number of fused-ring (bicyclic) bond motifs is 3. The van der Waals surface area contributed by atoms with Crippen LogP contribution in [0.1, 0.15) is 0 Å². The van der Waals surface area contributed by atoms with Crippen LogP contribution in [0.5, 0.6) is 11.5 Å². The van der Waals surface area contributed by atoms with Gasteiger partial charge in [-0.2, -0.15) is 0 Å². The molecule has 0 saturated carbocycles. The van der Waals surface area contributed by atoms with Crippen molar-refractivity contribution in [2.45, 2.75) is 0 Å². The highest BCUT2D eigenvalue weighted by Gasteiger charge is 2.12. The van der Waals surface area contributed by atoms with E-state index >= 15 is 0 Å². The Labute approximate surface area is 168 Å². The summed E-state index contributed by atoms with van der Waals surface area (Å²) in [7, 11) is 15.2. The summed E-state index contributed by atoms with van der Waals surface area (Å²) in [6.45, 7) is 3.36. The molecule has 0 spiro atoms. The van der Waals surface area contributed by atoms with Gasteiger partial charge in [-0.05, 0) is 36.4 Å². The van der Waals surface area contributed by atoms with Gasteiger partial charge in [0.2, 0.25) is 0 Å². The highest BCUT2D eigenvalue weighted by molar-refractivity contribution is 6.08. The van der Waals surface area contributed by atoms with Gasteiger partial charge >= 0.3 is 0 Å². The topological polar surface area (TPSA) is 23.4 Å². The molecule has 152 valence electrons. The molecule has 5 heteroatoms. The summed E-state index contributed by atoms with van der Waals surface area (Å²) in [6, 6.07) is 12.7. The van der Waals surface area contributed by atoms with Crippen molar-refractivity contribution in [1.82, 2.24) is 4.57 Å². The number of rotatable bonds is 8. The zero-order valence-electron chi connectivity index (χ0n) is 18.5. The van der Waals surface area contributed by atoms with E-state index in [0.717, 1.165) is 33.6 Å². The van der Waals surface area contributed by atoms with Gasteiger partial charge in [0.1, 0.15) is 37.8 Å². The first-order chi connectivity index (χ1) is 13.0. The Hall–Kier alpha value is -2.24.